The number of thiazole rings is 1. The number of anilines is 1. The molecule has 0 bridgehead atoms. The lowest BCUT2D eigenvalue weighted by Gasteiger charge is -2.18. The van der Waals surface area contributed by atoms with Crippen molar-refractivity contribution in [3.63, 3.8) is 0 Å². The van der Waals surface area contributed by atoms with Gasteiger partial charge >= 0.3 is 0 Å². The zero-order valence-corrected chi connectivity index (χ0v) is 18.2. The molecule has 150 valence electrons. The third kappa shape index (κ3) is 4.66. The predicted octanol–water partition coefficient (Wildman–Crippen LogP) is 6.91. The minimum absolute atomic E-state index is 0.118. The molecule has 4 rings (SSSR count). The van der Waals surface area contributed by atoms with Gasteiger partial charge in [-0.3, -0.25) is 10.1 Å². The molecule has 0 saturated carbocycles. The Balaban J connectivity index is 1.42. The van der Waals surface area contributed by atoms with Gasteiger partial charge in [0, 0.05) is 17.0 Å². The van der Waals surface area contributed by atoms with Crippen LogP contribution in [0.25, 0.3) is 28.1 Å². The van der Waals surface area contributed by atoms with Crippen LogP contribution in [0.15, 0.2) is 78.2 Å². The van der Waals surface area contributed by atoms with Gasteiger partial charge in [-0.1, -0.05) is 81.4 Å². The average molecular weight is 413 g/mol. The molecule has 3 nitrogen and oxygen atoms in total. The first kappa shape index (κ1) is 20.0. The molecule has 3 aromatic carbocycles. The second-order valence-corrected chi connectivity index (χ2v) is 9.15. The minimum atomic E-state index is -0.186. The Morgan fingerprint density at radius 3 is 2.43 bits per heavy atom. The molecule has 0 unspecified atom stereocenters. The average Bonchev–Trinajstić information content (AvgIpc) is 3.20. The van der Waals surface area contributed by atoms with Crippen molar-refractivity contribution in [1.82, 2.24) is 4.98 Å². The standard InChI is InChI=1S/C26H24N2OS/c1-26(2,3)22-13-8-18(9-14-22)10-15-24(29)28-25-27-23(17-30-25)21-12-11-19-6-4-5-7-20(19)16-21/h4-17H,1-3H3,(H,27,28,29)/b15-10+. The molecule has 1 N–H and O–H groups in total. The number of amides is 1. The smallest absolute Gasteiger partial charge is 0.250 e. The van der Waals surface area contributed by atoms with Crippen molar-refractivity contribution in [2.75, 3.05) is 5.32 Å². The Labute approximate surface area is 181 Å². The van der Waals surface area contributed by atoms with Crippen LogP contribution in [0.4, 0.5) is 5.13 Å². The van der Waals surface area contributed by atoms with Gasteiger partial charge < -0.3 is 0 Å². The predicted molar refractivity (Wildman–Crippen MR) is 128 cm³/mol. The molecule has 0 aliphatic heterocycles. The summed E-state index contributed by atoms with van der Waals surface area (Å²) in [6.07, 6.45) is 3.36. The molecule has 0 radical (unpaired) electrons. The molecule has 0 atom stereocenters. The fraction of sp³-hybridized carbons (Fsp3) is 0.154. The van der Waals surface area contributed by atoms with E-state index in [-0.39, 0.29) is 11.3 Å². The summed E-state index contributed by atoms with van der Waals surface area (Å²) < 4.78 is 0. The fourth-order valence-corrected chi connectivity index (χ4v) is 3.95. The number of carbonyl (C=O) groups excluding carboxylic acids is 1. The number of hydrogen-bond acceptors (Lipinski definition) is 3. The molecule has 0 saturated heterocycles. The van der Waals surface area contributed by atoms with E-state index in [1.165, 1.54) is 27.7 Å². The molecule has 0 fully saturated rings. The van der Waals surface area contributed by atoms with Crippen molar-refractivity contribution in [2.24, 2.45) is 0 Å². The highest BCUT2D eigenvalue weighted by atomic mass is 32.1. The third-order valence-corrected chi connectivity index (χ3v) is 5.74. The second-order valence-electron chi connectivity index (χ2n) is 8.29. The van der Waals surface area contributed by atoms with Crippen LogP contribution in [0.5, 0.6) is 0 Å². The van der Waals surface area contributed by atoms with Crippen LogP contribution in [-0.2, 0) is 10.2 Å². The lowest BCUT2D eigenvalue weighted by molar-refractivity contribution is -0.111. The number of fused-ring (bicyclic) bond motifs is 1. The van der Waals surface area contributed by atoms with Gasteiger partial charge in [-0.2, -0.15) is 0 Å². The zero-order valence-electron chi connectivity index (χ0n) is 17.3. The Hall–Kier alpha value is -3.24. The van der Waals surface area contributed by atoms with Crippen LogP contribution in [0.3, 0.4) is 0 Å². The summed E-state index contributed by atoms with van der Waals surface area (Å²) in [5, 5.41) is 7.79. The van der Waals surface area contributed by atoms with Crippen LogP contribution >= 0.6 is 11.3 Å². The van der Waals surface area contributed by atoms with Crippen molar-refractivity contribution in [3.05, 3.63) is 89.3 Å². The van der Waals surface area contributed by atoms with Gasteiger partial charge in [0.1, 0.15) is 0 Å². The van der Waals surface area contributed by atoms with E-state index in [0.717, 1.165) is 16.8 Å². The van der Waals surface area contributed by atoms with Crippen molar-refractivity contribution in [2.45, 2.75) is 26.2 Å². The number of benzene rings is 3. The number of carbonyl (C=O) groups is 1. The second kappa shape index (κ2) is 8.25. The Bertz CT molecular complexity index is 1210. The molecule has 4 heteroatoms. The summed E-state index contributed by atoms with van der Waals surface area (Å²) >= 11 is 1.43. The lowest BCUT2D eigenvalue weighted by Crippen LogP contribution is -2.10. The molecular weight excluding hydrogens is 388 g/mol. The molecule has 1 heterocycles. The van der Waals surface area contributed by atoms with Crippen molar-refractivity contribution >= 4 is 39.2 Å². The Morgan fingerprint density at radius 2 is 1.70 bits per heavy atom. The van der Waals surface area contributed by atoms with E-state index in [4.69, 9.17) is 0 Å². The zero-order chi connectivity index (χ0) is 21.1. The quantitative estimate of drug-likeness (QED) is 0.370. The summed E-state index contributed by atoms with van der Waals surface area (Å²) in [4.78, 5) is 16.9. The Kier molecular flexibility index (Phi) is 5.51. The normalized spacial score (nSPS) is 11.8. The number of aromatic nitrogens is 1. The molecule has 0 spiro atoms. The first-order chi connectivity index (χ1) is 14.4. The maximum Gasteiger partial charge on any atom is 0.250 e. The lowest BCUT2D eigenvalue weighted by atomic mass is 9.87. The van der Waals surface area contributed by atoms with Crippen LogP contribution < -0.4 is 5.32 Å². The fourth-order valence-electron chi connectivity index (χ4n) is 3.23. The van der Waals surface area contributed by atoms with Gasteiger partial charge in [-0.25, -0.2) is 4.98 Å². The van der Waals surface area contributed by atoms with E-state index in [2.05, 4.69) is 73.5 Å². The molecule has 1 aromatic heterocycles. The first-order valence-corrected chi connectivity index (χ1v) is 10.8. The van der Waals surface area contributed by atoms with Crippen molar-refractivity contribution < 1.29 is 4.79 Å². The molecule has 0 aliphatic carbocycles. The minimum Gasteiger partial charge on any atom is -0.298 e. The molecular formula is C26H24N2OS. The van der Waals surface area contributed by atoms with Crippen LogP contribution in [-0.4, -0.2) is 10.9 Å². The van der Waals surface area contributed by atoms with Crippen LogP contribution in [0, 0.1) is 0 Å². The van der Waals surface area contributed by atoms with Gasteiger partial charge in [0.25, 0.3) is 0 Å². The van der Waals surface area contributed by atoms with E-state index in [9.17, 15) is 4.79 Å². The molecule has 4 aromatic rings. The molecule has 0 aliphatic rings. The first-order valence-electron chi connectivity index (χ1n) is 9.93. The molecule has 1 amide bonds. The van der Waals surface area contributed by atoms with Crippen molar-refractivity contribution in [3.8, 4) is 11.3 Å². The van der Waals surface area contributed by atoms with Gasteiger partial charge in [0.15, 0.2) is 5.13 Å². The van der Waals surface area contributed by atoms with Gasteiger partial charge in [0.2, 0.25) is 5.91 Å². The maximum atomic E-state index is 12.3. The van der Waals surface area contributed by atoms with Gasteiger partial charge in [-0.05, 0) is 39.5 Å². The van der Waals surface area contributed by atoms with Gasteiger partial charge in [-0.15, -0.1) is 11.3 Å². The number of nitrogens with zero attached hydrogens (tertiary/aromatic N) is 1. The highest BCUT2D eigenvalue weighted by molar-refractivity contribution is 7.14. The maximum absolute atomic E-state index is 12.3. The summed E-state index contributed by atoms with van der Waals surface area (Å²) in [6, 6.07) is 22.8. The highest BCUT2D eigenvalue weighted by Crippen LogP contribution is 2.28. The van der Waals surface area contributed by atoms with E-state index in [1.54, 1.807) is 6.08 Å². The highest BCUT2D eigenvalue weighted by Gasteiger charge is 2.12. The van der Waals surface area contributed by atoms with Crippen LogP contribution in [0.1, 0.15) is 31.9 Å². The van der Waals surface area contributed by atoms with E-state index in [0.29, 0.717) is 5.13 Å². The van der Waals surface area contributed by atoms with Gasteiger partial charge in [0.05, 0.1) is 5.69 Å². The molecule has 30 heavy (non-hydrogen) atoms. The van der Waals surface area contributed by atoms with E-state index >= 15 is 0 Å². The summed E-state index contributed by atoms with van der Waals surface area (Å²) in [7, 11) is 0. The van der Waals surface area contributed by atoms with E-state index in [1.807, 2.05) is 35.7 Å². The SMILES string of the molecule is CC(C)(C)c1ccc(/C=C/C(=O)Nc2nc(-c3ccc4ccccc4c3)cs2)cc1. The van der Waals surface area contributed by atoms with E-state index < -0.39 is 0 Å². The summed E-state index contributed by atoms with van der Waals surface area (Å²) in [5.41, 5.74) is 4.29. The number of nitrogens with one attached hydrogen (secondary N) is 1. The number of rotatable bonds is 4. The topological polar surface area (TPSA) is 42.0 Å². The number of hydrogen-bond donors (Lipinski definition) is 1. The monoisotopic (exact) mass is 412 g/mol. The summed E-state index contributed by atoms with van der Waals surface area (Å²) in [6.45, 7) is 6.56. The van der Waals surface area contributed by atoms with Crippen molar-refractivity contribution in [1.29, 1.82) is 0 Å². The van der Waals surface area contributed by atoms with Crippen LogP contribution in [0.2, 0.25) is 0 Å². The Morgan fingerprint density at radius 1 is 0.967 bits per heavy atom. The third-order valence-electron chi connectivity index (χ3n) is 4.98. The largest absolute Gasteiger partial charge is 0.298 e. The summed E-state index contributed by atoms with van der Waals surface area (Å²) in [5.74, 6) is -0.186.